The van der Waals surface area contributed by atoms with Gasteiger partial charge in [0, 0.05) is 52.0 Å². The van der Waals surface area contributed by atoms with E-state index in [2.05, 4.69) is 104 Å². The molecule has 0 bridgehead atoms. The van der Waals surface area contributed by atoms with Crippen molar-refractivity contribution < 1.29 is 0 Å². The van der Waals surface area contributed by atoms with Gasteiger partial charge in [0.05, 0.1) is 11.5 Å². The Morgan fingerprint density at radius 2 is 1.47 bits per heavy atom. The average Bonchev–Trinajstić information content (AvgIpc) is 2.86. The largest absolute Gasteiger partial charge is 0.373 e. The summed E-state index contributed by atoms with van der Waals surface area (Å²) in [5.74, 6) is 0.842. The van der Waals surface area contributed by atoms with Crippen LogP contribution in [0.15, 0.2) is 54.6 Å². The fourth-order valence-electron chi connectivity index (χ4n) is 5.30. The molecule has 0 amide bonds. The molecule has 1 aliphatic rings. The highest BCUT2D eigenvalue weighted by Gasteiger charge is 2.35. The summed E-state index contributed by atoms with van der Waals surface area (Å²) in [6.45, 7) is 16.7. The van der Waals surface area contributed by atoms with E-state index in [1.165, 1.54) is 16.8 Å². The second-order valence-electron chi connectivity index (χ2n) is 10.5. The Labute approximate surface area is 208 Å². The number of anilines is 1. The second kappa shape index (κ2) is 12.4. The van der Waals surface area contributed by atoms with Crippen molar-refractivity contribution in [3.8, 4) is 6.07 Å². The van der Waals surface area contributed by atoms with E-state index in [1.54, 1.807) is 0 Å². The molecule has 1 heterocycles. The van der Waals surface area contributed by atoms with Gasteiger partial charge in [-0.05, 0) is 48.4 Å². The molecule has 1 aliphatic heterocycles. The molecule has 0 aliphatic carbocycles. The number of nitrogens with zero attached hydrogens (tertiary/aromatic N) is 4. The molecule has 4 nitrogen and oxygen atoms in total. The SMILES string of the molecule is CC(C)c1ccccc1N(C)CCN1CCN(CCCC(C#N)(c2ccccc2)C(C)C)CC1. The van der Waals surface area contributed by atoms with E-state index < -0.39 is 0 Å². The van der Waals surface area contributed by atoms with Gasteiger partial charge in [-0.1, -0.05) is 76.2 Å². The number of hydrogen-bond acceptors (Lipinski definition) is 4. The Morgan fingerprint density at radius 3 is 2.06 bits per heavy atom. The van der Waals surface area contributed by atoms with Crippen molar-refractivity contribution in [3.63, 3.8) is 0 Å². The molecule has 4 heteroatoms. The molecule has 184 valence electrons. The van der Waals surface area contributed by atoms with E-state index in [4.69, 9.17) is 0 Å². The van der Waals surface area contributed by atoms with Gasteiger partial charge in [0.2, 0.25) is 0 Å². The zero-order valence-corrected chi connectivity index (χ0v) is 22.0. The van der Waals surface area contributed by atoms with Crippen LogP contribution in [0.4, 0.5) is 5.69 Å². The summed E-state index contributed by atoms with van der Waals surface area (Å²) < 4.78 is 0. The van der Waals surface area contributed by atoms with Crippen LogP contribution in [0.5, 0.6) is 0 Å². The van der Waals surface area contributed by atoms with Crippen LogP contribution in [0.3, 0.4) is 0 Å². The normalized spacial score (nSPS) is 17.0. The summed E-state index contributed by atoms with van der Waals surface area (Å²) in [4.78, 5) is 7.60. The van der Waals surface area contributed by atoms with Crippen molar-refractivity contribution in [2.75, 3.05) is 57.8 Å². The summed E-state index contributed by atoms with van der Waals surface area (Å²) >= 11 is 0. The number of rotatable bonds is 11. The molecule has 0 spiro atoms. The fourth-order valence-corrected chi connectivity index (χ4v) is 5.30. The Bertz CT molecular complexity index is 909. The minimum absolute atomic E-state index is 0.301. The van der Waals surface area contributed by atoms with Gasteiger partial charge in [0.25, 0.3) is 0 Å². The first-order valence-electron chi connectivity index (χ1n) is 13.1. The van der Waals surface area contributed by atoms with Gasteiger partial charge in [-0.2, -0.15) is 5.26 Å². The van der Waals surface area contributed by atoms with Crippen molar-refractivity contribution in [1.29, 1.82) is 5.26 Å². The monoisotopic (exact) mass is 460 g/mol. The predicted molar refractivity (Wildman–Crippen MR) is 144 cm³/mol. The predicted octanol–water partition coefficient (Wildman–Crippen LogP) is 5.76. The third-order valence-corrected chi connectivity index (χ3v) is 7.71. The number of likely N-dealkylation sites (N-methyl/N-ethyl adjacent to an activating group) is 1. The number of piperazine rings is 1. The van der Waals surface area contributed by atoms with Crippen molar-refractivity contribution in [3.05, 3.63) is 65.7 Å². The van der Waals surface area contributed by atoms with Gasteiger partial charge in [-0.15, -0.1) is 0 Å². The Kier molecular flexibility index (Phi) is 9.56. The summed E-state index contributed by atoms with van der Waals surface area (Å²) in [6, 6.07) is 21.9. The number of para-hydroxylation sites is 1. The molecule has 0 radical (unpaired) electrons. The lowest BCUT2D eigenvalue weighted by Gasteiger charge is -2.37. The summed E-state index contributed by atoms with van der Waals surface area (Å²) in [5, 5.41) is 10.1. The molecule has 0 N–H and O–H groups in total. The average molecular weight is 461 g/mol. The molecule has 34 heavy (non-hydrogen) atoms. The number of hydrogen-bond donors (Lipinski definition) is 0. The van der Waals surface area contributed by atoms with Crippen molar-refractivity contribution >= 4 is 5.69 Å². The van der Waals surface area contributed by atoms with Gasteiger partial charge in [0.1, 0.15) is 0 Å². The molecule has 1 unspecified atom stereocenters. The van der Waals surface area contributed by atoms with E-state index in [9.17, 15) is 5.26 Å². The minimum atomic E-state index is -0.389. The number of nitriles is 1. The van der Waals surface area contributed by atoms with Gasteiger partial charge in [0.15, 0.2) is 0 Å². The molecule has 0 saturated carbocycles. The van der Waals surface area contributed by atoms with Crippen LogP contribution < -0.4 is 4.90 Å². The molecule has 2 aromatic carbocycles. The van der Waals surface area contributed by atoms with E-state index in [-0.39, 0.29) is 5.41 Å². The summed E-state index contributed by atoms with van der Waals surface area (Å²) in [5.41, 5.74) is 3.57. The lowest BCUT2D eigenvalue weighted by atomic mass is 9.70. The zero-order valence-electron chi connectivity index (χ0n) is 22.0. The highest BCUT2D eigenvalue weighted by molar-refractivity contribution is 5.54. The molecule has 1 saturated heterocycles. The van der Waals surface area contributed by atoms with Crippen LogP contribution in [0.1, 0.15) is 57.6 Å². The smallest absolute Gasteiger partial charge is 0.0845 e. The van der Waals surface area contributed by atoms with Crippen LogP contribution in [-0.2, 0) is 5.41 Å². The highest BCUT2D eigenvalue weighted by Crippen LogP contribution is 2.36. The van der Waals surface area contributed by atoms with E-state index in [0.29, 0.717) is 11.8 Å². The highest BCUT2D eigenvalue weighted by atomic mass is 15.3. The minimum Gasteiger partial charge on any atom is -0.373 e. The van der Waals surface area contributed by atoms with Crippen molar-refractivity contribution in [2.24, 2.45) is 5.92 Å². The van der Waals surface area contributed by atoms with E-state index >= 15 is 0 Å². The lowest BCUT2D eigenvalue weighted by molar-refractivity contribution is 0.131. The molecule has 3 rings (SSSR count). The number of benzene rings is 2. The molecular weight excluding hydrogens is 416 g/mol. The maximum absolute atomic E-state index is 10.1. The summed E-state index contributed by atoms with van der Waals surface area (Å²) in [6.07, 6.45) is 1.99. The topological polar surface area (TPSA) is 33.5 Å². The van der Waals surface area contributed by atoms with Crippen molar-refractivity contribution in [2.45, 2.75) is 51.9 Å². The van der Waals surface area contributed by atoms with Gasteiger partial charge in [-0.3, -0.25) is 4.90 Å². The van der Waals surface area contributed by atoms with E-state index in [0.717, 1.165) is 58.7 Å². The van der Waals surface area contributed by atoms with Crippen LogP contribution in [-0.4, -0.2) is 62.7 Å². The van der Waals surface area contributed by atoms with Crippen LogP contribution in [0, 0.1) is 17.2 Å². The summed E-state index contributed by atoms with van der Waals surface area (Å²) in [7, 11) is 2.22. The fraction of sp³-hybridized carbons (Fsp3) is 0.567. The van der Waals surface area contributed by atoms with Gasteiger partial charge >= 0.3 is 0 Å². The van der Waals surface area contributed by atoms with E-state index in [1.807, 2.05) is 6.07 Å². The van der Waals surface area contributed by atoms with Gasteiger partial charge < -0.3 is 9.80 Å². The maximum atomic E-state index is 10.1. The van der Waals surface area contributed by atoms with Crippen LogP contribution in [0.2, 0.25) is 0 Å². The molecule has 0 aromatic heterocycles. The first-order chi connectivity index (χ1) is 16.4. The molecule has 1 fully saturated rings. The second-order valence-corrected chi connectivity index (χ2v) is 10.5. The quantitative estimate of drug-likeness (QED) is 0.427. The van der Waals surface area contributed by atoms with Crippen LogP contribution >= 0.6 is 0 Å². The van der Waals surface area contributed by atoms with Crippen LogP contribution in [0.25, 0.3) is 0 Å². The Balaban J connectivity index is 1.44. The Morgan fingerprint density at radius 1 is 0.882 bits per heavy atom. The molecular formula is C30H44N4. The Hall–Kier alpha value is -2.35. The molecule has 1 atom stereocenters. The first-order valence-corrected chi connectivity index (χ1v) is 13.1. The maximum Gasteiger partial charge on any atom is 0.0845 e. The molecule has 2 aromatic rings. The standard InChI is InChI=1S/C30H44N4/c1-25(2)28-14-9-10-15-29(28)32(5)18-19-34-22-20-33(21-23-34)17-11-16-30(24-31,26(3)4)27-12-7-6-8-13-27/h6-10,12-15,25-26H,11,16-23H2,1-5H3. The third kappa shape index (κ3) is 6.40. The van der Waals surface area contributed by atoms with Crippen molar-refractivity contribution in [1.82, 2.24) is 9.80 Å². The third-order valence-electron chi connectivity index (χ3n) is 7.71. The lowest BCUT2D eigenvalue weighted by Crippen LogP contribution is -2.48. The van der Waals surface area contributed by atoms with Gasteiger partial charge in [-0.25, -0.2) is 0 Å². The zero-order chi connectivity index (χ0) is 24.6. The first kappa shape index (κ1) is 26.3.